The zero-order valence-corrected chi connectivity index (χ0v) is 12.6. The van der Waals surface area contributed by atoms with Crippen LogP contribution < -0.4 is 15.8 Å². The number of carbonyl (C=O) groups is 1. The van der Waals surface area contributed by atoms with Gasteiger partial charge in [-0.2, -0.15) is 0 Å². The quantitative estimate of drug-likeness (QED) is 0.623. The van der Waals surface area contributed by atoms with Crippen molar-refractivity contribution in [3.8, 4) is 5.75 Å². The largest absolute Gasteiger partial charge is 0.494 e. The van der Waals surface area contributed by atoms with Crippen molar-refractivity contribution in [3.05, 3.63) is 23.8 Å². The highest BCUT2D eigenvalue weighted by Crippen LogP contribution is 2.25. The summed E-state index contributed by atoms with van der Waals surface area (Å²) in [5.74, 6) is 0.231. The fourth-order valence-corrected chi connectivity index (χ4v) is 2.68. The van der Waals surface area contributed by atoms with E-state index in [1.54, 1.807) is 18.2 Å². The van der Waals surface area contributed by atoms with Crippen molar-refractivity contribution in [2.24, 2.45) is 0 Å². The molecule has 1 fully saturated rings. The van der Waals surface area contributed by atoms with Gasteiger partial charge in [0.1, 0.15) is 0 Å². The lowest BCUT2D eigenvalue weighted by molar-refractivity contribution is 0.0299. The van der Waals surface area contributed by atoms with Crippen LogP contribution in [0.3, 0.4) is 0 Å². The number of rotatable bonds is 6. The molecule has 0 radical (unpaired) electrons. The van der Waals surface area contributed by atoms with E-state index >= 15 is 0 Å². The number of carbonyl (C=O) groups excluding carboxylic acids is 1. The summed E-state index contributed by atoms with van der Waals surface area (Å²) in [4.78, 5) is 12.1. The number of nitrogens with one attached hydrogen (secondary N) is 1. The normalized spacial score (nSPS) is 15.7. The minimum atomic E-state index is -0.189. The number of hydrogen-bond acceptors (Lipinski definition) is 4. The Kier molecular flexibility index (Phi) is 5.87. The van der Waals surface area contributed by atoms with Gasteiger partial charge >= 0.3 is 0 Å². The fourth-order valence-electron chi connectivity index (χ4n) is 2.68. The molecule has 0 bridgehead atoms. The molecule has 5 heteroatoms. The van der Waals surface area contributed by atoms with Crippen LogP contribution in [0.15, 0.2) is 18.2 Å². The Morgan fingerprint density at radius 3 is 2.81 bits per heavy atom. The number of amides is 1. The first kappa shape index (κ1) is 15.6. The Morgan fingerprint density at radius 1 is 1.33 bits per heavy atom. The molecular weight excluding hydrogens is 268 g/mol. The van der Waals surface area contributed by atoms with E-state index in [1.807, 2.05) is 0 Å². The van der Waals surface area contributed by atoms with Crippen molar-refractivity contribution in [1.82, 2.24) is 5.32 Å². The molecule has 0 unspecified atom stereocenters. The van der Waals surface area contributed by atoms with Crippen LogP contribution in [0.1, 0.15) is 42.5 Å². The third kappa shape index (κ3) is 4.36. The second kappa shape index (κ2) is 7.88. The van der Waals surface area contributed by atoms with E-state index in [0.29, 0.717) is 36.3 Å². The van der Waals surface area contributed by atoms with E-state index in [9.17, 15) is 4.79 Å². The van der Waals surface area contributed by atoms with Crippen molar-refractivity contribution in [1.29, 1.82) is 0 Å². The van der Waals surface area contributed by atoms with Crippen molar-refractivity contribution in [2.45, 2.75) is 38.2 Å². The second-order valence-corrected chi connectivity index (χ2v) is 5.31. The van der Waals surface area contributed by atoms with Crippen molar-refractivity contribution in [2.75, 3.05) is 26.0 Å². The molecule has 0 heterocycles. The number of nitrogens with two attached hydrogens (primary N) is 1. The Morgan fingerprint density at radius 2 is 2.10 bits per heavy atom. The number of anilines is 1. The van der Waals surface area contributed by atoms with Gasteiger partial charge in [0.2, 0.25) is 0 Å². The van der Waals surface area contributed by atoms with E-state index in [1.165, 1.54) is 26.4 Å². The van der Waals surface area contributed by atoms with Crippen molar-refractivity contribution in [3.63, 3.8) is 0 Å². The van der Waals surface area contributed by atoms with E-state index in [2.05, 4.69) is 5.32 Å². The predicted octanol–water partition coefficient (Wildman–Crippen LogP) is 2.36. The summed E-state index contributed by atoms with van der Waals surface area (Å²) in [6, 6.07) is 5.15. The molecule has 5 nitrogen and oxygen atoms in total. The summed E-state index contributed by atoms with van der Waals surface area (Å²) in [6.07, 6.45) is 6.44. The first-order valence-corrected chi connectivity index (χ1v) is 7.54. The van der Waals surface area contributed by atoms with Crippen LogP contribution in [-0.4, -0.2) is 32.3 Å². The van der Waals surface area contributed by atoms with Gasteiger partial charge in [0.15, 0.2) is 5.75 Å². The molecule has 1 aromatic carbocycles. The second-order valence-electron chi connectivity index (χ2n) is 5.31. The van der Waals surface area contributed by atoms with E-state index in [0.717, 1.165) is 12.8 Å². The Labute approximate surface area is 125 Å². The monoisotopic (exact) mass is 292 g/mol. The lowest BCUT2D eigenvalue weighted by atomic mass is 9.98. The lowest BCUT2D eigenvalue weighted by Gasteiger charge is -2.22. The first-order valence-electron chi connectivity index (χ1n) is 7.54. The van der Waals surface area contributed by atoms with Crippen LogP contribution >= 0.6 is 0 Å². The number of methoxy groups -OCH3 is 1. The zero-order valence-electron chi connectivity index (χ0n) is 12.6. The molecule has 116 valence electrons. The lowest BCUT2D eigenvalue weighted by Crippen LogP contribution is -2.29. The maximum absolute atomic E-state index is 12.1. The minimum Gasteiger partial charge on any atom is -0.494 e. The predicted molar refractivity (Wildman–Crippen MR) is 82.6 cm³/mol. The Balaban J connectivity index is 1.78. The van der Waals surface area contributed by atoms with Crippen LogP contribution in [0.5, 0.6) is 5.75 Å². The van der Waals surface area contributed by atoms with Gasteiger partial charge in [-0.25, -0.2) is 0 Å². The Hall–Kier alpha value is -1.75. The molecule has 2 rings (SSSR count). The molecule has 1 aliphatic rings. The number of nitrogen functional groups attached to an aromatic ring is 1. The van der Waals surface area contributed by atoms with Crippen LogP contribution in [0, 0.1) is 0 Å². The number of ether oxygens (including phenoxy) is 2. The van der Waals surface area contributed by atoms with Gasteiger partial charge in [-0.1, -0.05) is 25.3 Å². The topological polar surface area (TPSA) is 73.6 Å². The molecule has 1 saturated carbocycles. The summed E-state index contributed by atoms with van der Waals surface area (Å²) in [5.41, 5.74) is 6.71. The van der Waals surface area contributed by atoms with E-state index in [4.69, 9.17) is 15.2 Å². The minimum absolute atomic E-state index is 0.189. The van der Waals surface area contributed by atoms with Crippen LogP contribution in [0.2, 0.25) is 0 Å². The zero-order chi connectivity index (χ0) is 15.1. The molecule has 1 aliphatic carbocycles. The smallest absolute Gasteiger partial charge is 0.255 e. The highest BCUT2D eigenvalue weighted by atomic mass is 16.5. The molecule has 0 spiro atoms. The SMILES string of the molecule is COc1c(N)cccc1C(=O)NCCOC1CCCCC1. The third-order valence-electron chi connectivity index (χ3n) is 3.79. The van der Waals surface area contributed by atoms with Crippen LogP contribution in [0.4, 0.5) is 5.69 Å². The highest BCUT2D eigenvalue weighted by molar-refractivity contribution is 5.98. The number of hydrogen-bond donors (Lipinski definition) is 2. The fraction of sp³-hybridized carbons (Fsp3) is 0.562. The standard InChI is InChI=1S/C16H24N2O3/c1-20-15-13(8-5-9-14(15)17)16(19)18-10-11-21-12-6-3-2-4-7-12/h5,8-9,12H,2-4,6-7,10-11,17H2,1H3,(H,18,19). The molecule has 0 saturated heterocycles. The van der Waals surface area contributed by atoms with E-state index in [-0.39, 0.29) is 5.91 Å². The summed E-state index contributed by atoms with van der Waals surface area (Å²) in [5, 5.41) is 2.84. The molecule has 0 aromatic heterocycles. The number of para-hydroxylation sites is 1. The van der Waals surface area contributed by atoms with Crippen molar-refractivity contribution >= 4 is 11.6 Å². The molecular formula is C16H24N2O3. The van der Waals surface area contributed by atoms with Gasteiger partial charge in [-0.15, -0.1) is 0 Å². The molecule has 0 atom stereocenters. The van der Waals surface area contributed by atoms with Crippen LogP contribution in [-0.2, 0) is 4.74 Å². The molecule has 1 amide bonds. The summed E-state index contributed by atoms with van der Waals surface area (Å²) in [6.45, 7) is 1.04. The molecule has 0 aliphatic heterocycles. The van der Waals surface area contributed by atoms with Gasteiger partial charge < -0.3 is 20.5 Å². The van der Waals surface area contributed by atoms with Gasteiger partial charge in [-0.3, -0.25) is 4.79 Å². The van der Waals surface area contributed by atoms with Gasteiger partial charge in [-0.05, 0) is 25.0 Å². The Bertz CT molecular complexity index is 471. The first-order chi connectivity index (χ1) is 10.2. The maximum Gasteiger partial charge on any atom is 0.255 e. The van der Waals surface area contributed by atoms with E-state index < -0.39 is 0 Å². The van der Waals surface area contributed by atoms with Crippen molar-refractivity contribution < 1.29 is 14.3 Å². The van der Waals surface area contributed by atoms with Gasteiger partial charge in [0.05, 0.1) is 31.1 Å². The van der Waals surface area contributed by atoms with Crippen LogP contribution in [0.25, 0.3) is 0 Å². The third-order valence-corrected chi connectivity index (χ3v) is 3.79. The number of benzene rings is 1. The van der Waals surface area contributed by atoms with Gasteiger partial charge in [0.25, 0.3) is 5.91 Å². The highest BCUT2D eigenvalue weighted by Gasteiger charge is 2.15. The summed E-state index contributed by atoms with van der Waals surface area (Å²) >= 11 is 0. The average molecular weight is 292 g/mol. The summed E-state index contributed by atoms with van der Waals surface area (Å²) in [7, 11) is 1.51. The summed E-state index contributed by atoms with van der Waals surface area (Å²) < 4.78 is 11.0. The maximum atomic E-state index is 12.1. The molecule has 21 heavy (non-hydrogen) atoms. The molecule has 1 aromatic rings. The van der Waals surface area contributed by atoms with Gasteiger partial charge in [0, 0.05) is 6.54 Å². The molecule has 3 N–H and O–H groups in total. The average Bonchev–Trinajstić information content (AvgIpc) is 2.52.